The molecule has 1 aromatic heterocycles. The zero-order chi connectivity index (χ0) is 15.6. The summed E-state index contributed by atoms with van der Waals surface area (Å²) in [5.74, 6) is 0.588. The zero-order valence-corrected chi connectivity index (χ0v) is 13.5. The Kier molecular flexibility index (Phi) is 4.86. The molecule has 1 aromatic carbocycles. The summed E-state index contributed by atoms with van der Waals surface area (Å²) in [5.41, 5.74) is 2.79. The predicted octanol–water partition coefficient (Wildman–Crippen LogP) is 4.44. The van der Waals surface area contributed by atoms with Gasteiger partial charge in [-0.3, -0.25) is 9.78 Å². The quantitative estimate of drug-likeness (QED) is 0.781. The molecule has 0 radical (unpaired) electrons. The maximum absolute atomic E-state index is 12.4. The zero-order valence-electron chi connectivity index (χ0n) is 12.0. The normalized spacial score (nSPS) is 10.5. The molecule has 1 heterocycles. The number of hydrogen-bond donors (Lipinski definition) is 0. The molecule has 0 fully saturated rings. The highest BCUT2D eigenvalue weighted by atomic mass is 35.5. The Balaban J connectivity index is 2.37. The van der Waals surface area contributed by atoms with E-state index in [1.165, 1.54) is 0 Å². The minimum atomic E-state index is -0.160. The molecule has 2 rings (SSSR count). The Bertz CT molecular complexity index is 679. The molecule has 0 saturated carbocycles. The van der Waals surface area contributed by atoms with Crippen LogP contribution in [-0.2, 0) is 6.42 Å². The molecule has 0 amide bonds. The number of carbonyl (C=O) groups is 1. The first-order chi connectivity index (χ1) is 9.95. The van der Waals surface area contributed by atoms with Crippen molar-refractivity contribution in [3.05, 3.63) is 56.8 Å². The summed E-state index contributed by atoms with van der Waals surface area (Å²) < 4.78 is 5.35. The molecule has 0 aliphatic heterocycles. The third kappa shape index (κ3) is 3.20. The first kappa shape index (κ1) is 15.8. The van der Waals surface area contributed by atoms with Gasteiger partial charge < -0.3 is 4.74 Å². The molecule has 0 unspecified atom stereocenters. The third-order valence-electron chi connectivity index (χ3n) is 3.32. The van der Waals surface area contributed by atoms with Crippen LogP contribution in [0.5, 0.6) is 5.75 Å². The van der Waals surface area contributed by atoms with E-state index in [9.17, 15) is 4.79 Å². The van der Waals surface area contributed by atoms with Crippen molar-refractivity contribution in [1.29, 1.82) is 0 Å². The number of Topliss-reactive ketones (excluding diaryl/α,β-unsaturated/α-hetero) is 1. The first-order valence-corrected chi connectivity index (χ1v) is 7.17. The summed E-state index contributed by atoms with van der Waals surface area (Å²) in [6.07, 6.45) is 1.83. The van der Waals surface area contributed by atoms with Crippen molar-refractivity contribution < 1.29 is 9.53 Å². The van der Waals surface area contributed by atoms with Crippen LogP contribution < -0.4 is 4.74 Å². The van der Waals surface area contributed by atoms with E-state index in [0.29, 0.717) is 21.3 Å². The molecule has 0 bridgehead atoms. The van der Waals surface area contributed by atoms with Gasteiger partial charge in [0.2, 0.25) is 0 Å². The molecular weight excluding hydrogens is 309 g/mol. The molecule has 0 atom stereocenters. The average molecular weight is 324 g/mol. The highest BCUT2D eigenvalue weighted by molar-refractivity contribution is 6.39. The number of ketones is 1. The van der Waals surface area contributed by atoms with Crippen LogP contribution in [0.15, 0.2) is 24.4 Å². The van der Waals surface area contributed by atoms with E-state index in [4.69, 9.17) is 27.9 Å². The minimum absolute atomic E-state index is 0.131. The van der Waals surface area contributed by atoms with Gasteiger partial charge in [-0.2, -0.15) is 0 Å². The van der Waals surface area contributed by atoms with Gasteiger partial charge in [-0.25, -0.2) is 0 Å². The molecule has 5 heteroatoms. The van der Waals surface area contributed by atoms with Gasteiger partial charge in [0.05, 0.1) is 34.8 Å². The summed E-state index contributed by atoms with van der Waals surface area (Å²) in [5, 5.41) is 0.702. The van der Waals surface area contributed by atoms with Crippen molar-refractivity contribution in [2.24, 2.45) is 0 Å². The van der Waals surface area contributed by atoms with Crippen LogP contribution in [0.3, 0.4) is 0 Å². The molecule has 0 aliphatic rings. The lowest BCUT2D eigenvalue weighted by Gasteiger charge is -2.12. The van der Waals surface area contributed by atoms with Crippen molar-refractivity contribution in [3.8, 4) is 5.75 Å². The van der Waals surface area contributed by atoms with Gasteiger partial charge in [0.15, 0.2) is 5.78 Å². The molecule has 2 aromatic rings. The van der Waals surface area contributed by atoms with Crippen molar-refractivity contribution in [3.63, 3.8) is 0 Å². The number of aromatic nitrogens is 1. The summed E-state index contributed by atoms with van der Waals surface area (Å²) >= 11 is 12.1. The van der Waals surface area contributed by atoms with Crippen LogP contribution in [0.2, 0.25) is 10.0 Å². The largest absolute Gasteiger partial charge is 0.496 e. The Labute approximate surface area is 133 Å². The lowest BCUT2D eigenvalue weighted by molar-refractivity contribution is 0.0992. The highest BCUT2D eigenvalue weighted by Gasteiger charge is 2.18. The Morgan fingerprint density at radius 3 is 2.43 bits per heavy atom. The van der Waals surface area contributed by atoms with Gasteiger partial charge in [0, 0.05) is 17.3 Å². The molecular formula is C16H15Cl2NO2. The molecule has 0 saturated heterocycles. The van der Waals surface area contributed by atoms with Crippen LogP contribution in [0.4, 0.5) is 0 Å². The second-order valence-electron chi connectivity index (χ2n) is 4.74. The Hall–Kier alpha value is -1.58. The SMILES string of the molecule is COc1c(C)cnc(CC(=O)c2c(Cl)cccc2Cl)c1C. The fourth-order valence-electron chi connectivity index (χ4n) is 2.25. The van der Waals surface area contributed by atoms with Crippen LogP contribution in [0.25, 0.3) is 0 Å². The van der Waals surface area contributed by atoms with Crippen molar-refractivity contribution in [2.45, 2.75) is 20.3 Å². The number of rotatable bonds is 4. The fourth-order valence-corrected chi connectivity index (χ4v) is 2.86. The van der Waals surface area contributed by atoms with Gasteiger partial charge in [-0.15, -0.1) is 0 Å². The fraction of sp³-hybridized carbons (Fsp3) is 0.250. The van der Waals surface area contributed by atoms with E-state index in [1.807, 2.05) is 13.8 Å². The Morgan fingerprint density at radius 1 is 1.24 bits per heavy atom. The number of nitrogens with zero attached hydrogens (tertiary/aromatic N) is 1. The molecule has 0 spiro atoms. The number of hydrogen-bond acceptors (Lipinski definition) is 3. The smallest absolute Gasteiger partial charge is 0.171 e. The minimum Gasteiger partial charge on any atom is -0.496 e. The van der Waals surface area contributed by atoms with Gasteiger partial charge in [-0.05, 0) is 26.0 Å². The number of aryl methyl sites for hydroxylation is 1. The molecule has 0 aliphatic carbocycles. The lowest BCUT2D eigenvalue weighted by atomic mass is 10.0. The monoisotopic (exact) mass is 323 g/mol. The van der Waals surface area contributed by atoms with Crippen molar-refractivity contribution >= 4 is 29.0 Å². The summed E-state index contributed by atoms with van der Waals surface area (Å²) in [7, 11) is 1.60. The maximum atomic E-state index is 12.4. The Morgan fingerprint density at radius 2 is 1.86 bits per heavy atom. The average Bonchev–Trinajstić information content (AvgIpc) is 2.42. The number of carbonyl (C=O) groups excluding carboxylic acids is 1. The van der Waals surface area contributed by atoms with Gasteiger partial charge in [-0.1, -0.05) is 29.3 Å². The standard InChI is InChI=1S/C16H15Cl2NO2/c1-9-8-19-13(10(2)16(9)21-3)7-14(20)15-11(17)5-4-6-12(15)18/h4-6,8H,7H2,1-3H3. The molecule has 3 nitrogen and oxygen atoms in total. The van der Waals surface area contributed by atoms with Crippen LogP contribution in [0, 0.1) is 13.8 Å². The van der Waals surface area contributed by atoms with Crippen molar-refractivity contribution in [2.75, 3.05) is 7.11 Å². The van der Waals surface area contributed by atoms with E-state index in [0.717, 1.165) is 16.9 Å². The van der Waals surface area contributed by atoms with E-state index < -0.39 is 0 Å². The van der Waals surface area contributed by atoms with Gasteiger partial charge >= 0.3 is 0 Å². The molecule has 21 heavy (non-hydrogen) atoms. The topological polar surface area (TPSA) is 39.2 Å². The number of halogens is 2. The number of pyridine rings is 1. The number of benzene rings is 1. The predicted molar refractivity (Wildman–Crippen MR) is 84.8 cm³/mol. The van der Waals surface area contributed by atoms with Crippen LogP contribution >= 0.6 is 23.2 Å². The molecule has 110 valence electrons. The van der Waals surface area contributed by atoms with Crippen LogP contribution in [-0.4, -0.2) is 17.9 Å². The van der Waals surface area contributed by atoms with Gasteiger partial charge in [0.25, 0.3) is 0 Å². The second kappa shape index (κ2) is 6.46. The first-order valence-electron chi connectivity index (χ1n) is 6.42. The summed E-state index contributed by atoms with van der Waals surface area (Å²) in [6, 6.07) is 5.01. The van der Waals surface area contributed by atoms with Gasteiger partial charge in [0.1, 0.15) is 5.75 Å². The van der Waals surface area contributed by atoms with E-state index in [1.54, 1.807) is 31.5 Å². The van der Waals surface area contributed by atoms with E-state index in [2.05, 4.69) is 4.98 Å². The number of ether oxygens (including phenoxy) is 1. The molecule has 0 N–H and O–H groups in total. The maximum Gasteiger partial charge on any atom is 0.171 e. The van der Waals surface area contributed by atoms with Crippen LogP contribution in [0.1, 0.15) is 27.2 Å². The third-order valence-corrected chi connectivity index (χ3v) is 3.95. The highest BCUT2D eigenvalue weighted by Crippen LogP contribution is 2.28. The second-order valence-corrected chi connectivity index (χ2v) is 5.56. The summed E-state index contributed by atoms with van der Waals surface area (Å²) in [6.45, 7) is 3.80. The van der Waals surface area contributed by atoms with E-state index >= 15 is 0 Å². The van der Waals surface area contributed by atoms with Crippen molar-refractivity contribution in [1.82, 2.24) is 4.98 Å². The van der Waals surface area contributed by atoms with E-state index in [-0.39, 0.29) is 12.2 Å². The summed E-state index contributed by atoms with van der Waals surface area (Å²) in [4.78, 5) is 16.8. The number of methoxy groups -OCH3 is 1. The lowest BCUT2D eigenvalue weighted by Crippen LogP contribution is -2.09.